The van der Waals surface area contributed by atoms with Gasteiger partial charge in [-0.05, 0) is 81.4 Å². The Balaban J connectivity index is 1.31. The number of ether oxygens (including phenoxy) is 1. The second kappa shape index (κ2) is 10.5. The lowest BCUT2D eigenvalue weighted by Gasteiger charge is -2.38. The lowest BCUT2D eigenvalue weighted by molar-refractivity contribution is -0.130. The van der Waals surface area contributed by atoms with Gasteiger partial charge in [-0.25, -0.2) is 8.70 Å². The van der Waals surface area contributed by atoms with Crippen molar-refractivity contribution in [3.63, 3.8) is 0 Å². The van der Waals surface area contributed by atoms with Crippen molar-refractivity contribution < 1.29 is 13.9 Å². The first-order chi connectivity index (χ1) is 16.5. The van der Waals surface area contributed by atoms with Crippen LogP contribution in [0.4, 0.5) is 4.39 Å². The summed E-state index contributed by atoms with van der Waals surface area (Å²) in [6, 6.07) is 5.93. The highest BCUT2D eigenvalue weighted by Gasteiger charge is 2.42. The summed E-state index contributed by atoms with van der Waals surface area (Å²) in [4.78, 5) is 13.3. The molecule has 0 spiro atoms. The first-order valence-electron chi connectivity index (χ1n) is 13.0. The molecule has 2 aliphatic heterocycles. The number of allylic oxidation sites excluding steroid dienone is 3. The maximum Gasteiger partial charge on any atom is 0.230 e. The molecule has 1 saturated carbocycles. The van der Waals surface area contributed by atoms with Crippen molar-refractivity contribution in [3.05, 3.63) is 58.9 Å². The van der Waals surface area contributed by atoms with Gasteiger partial charge in [-0.2, -0.15) is 0 Å². The number of nitrogens with zero attached hydrogens (tertiary/aromatic N) is 1. The number of nitrogens with one attached hydrogen (secondary N) is 1. The summed E-state index contributed by atoms with van der Waals surface area (Å²) < 4.78 is 23.4. The molecule has 2 heterocycles. The highest BCUT2D eigenvalue weighted by molar-refractivity contribution is 7.97. The van der Waals surface area contributed by atoms with Gasteiger partial charge >= 0.3 is 0 Å². The first kappa shape index (κ1) is 24.1. The number of hydrogen-bond donors (Lipinski definition) is 1. The molecule has 1 aromatic carbocycles. The average molecular weight is 485 g/mol. The molecule has 0 radical (unpaired) electrons. The Labute approximate surface area is 207 Å². The van der Waals surface area contributed by atoms with Gasteiger partial charge in [0, 0.05) is 43.2 Å². The van der Waals surface area contributed by atoms with E-state index in [4.69, 9.17) is 4.74 Å². The van der Waals surface area contributed by atoms with Crippen LogP contribution in [-0.2, 0) is 21.5 Å². The highest BCUT2D eigenvalue weighted by atomic mass is 32.2. The number of hydrogen-bond acceptors (Lipinski definition) is 4. The zero-order chi connectivity index (χ0) is 23.5. The van der Waals surface area contributed by atoms with Crippen LogP contribution < -0.4 is 5.32 Å². The van der Waals surface area contributed by atoms with Gasteiger partial charge in [0.25, 0.3) is 0 Å². The predicted molar refractivity (Wildman–Crippen MR) is 136 cm³/mol. The number of rotatable bonds is 7. The summed E-state index contributed by atoms with van der Waals surface area (Å²) in [5.41, 5.74) is 2.23. The predicted octanol–water partition coefficient (Wildman–Crippen LogP) is 5.68. The van der Waals surface area contributed by atoms with E-state index in [-0.39, 0.29) is 11.7 Å². The SMILES string of the molecule is C[C@H]1CCC(C2=CCCC=C2)SN1Cc1ccc(C2(C(=O)NCC3CC3)CCOCC2)cc1F. The second-order valence-corrected chi connectivity index (χ2v) is 11.7. The normalized spacial score (nSPS) is 27.3. The van der Waals surface area contributed by atoms with Crippen LogP contribution in [0, 0.1) is 11.7 Å². The van der Waals surface area contributed by atoms with Crippen molar-refractivity contribution in [2.45, 2.75) is 81.5 Å². The van der Waals surface area contributed by atoms with E-state index in [1.165, 1.54) is 24.8 Å². The monoisotopic (exact) mass is 484 g/mol. The second-order valence-electron chi connectivity index (χ2n) is 10.4. The van der Waals surface area contributed by atoms with Crippen LogP contribution in [0.1, 0.15) is 69.4 Å². The largest absolute Gasteiger partial charge is 0.381 e. The maximum absolute atomic E-state index is 15.5. The molecule has 1 N–H and O–H groups in total. The highest BCUT2D eigenvalue weighted by Crippen LogP contribution is 2.40. The number of carbonyl (C=O) groups excluding carboxylic acids is 1. The van der Waals surface area contributed by atoms with Gasteiger partial charge in [-0.3, -0.25) is 4.79 Å². The Morgan fingerprint density at radius 1 is 1.21 bits per heavy atom. The van der Waals surface area contributed by atoms with Crippen LogP contribution in [0.15, 0.2) is 42.0 Å². The Kier molecular flexibility index (Phi) is 7.47. The molecule has 0 aromatic heterocycles. The third kappa shape index (κ3) is 5.29. The molecule has 3 fully saturated rings. The molecule has 6 heteroatoms. The van der Waals surface area contributed by atoms with Crippen molar-refractivity contribution >= 4 is 17.9 Å². The minimum atomic E-state index is -0.690. The van der Waals surface area contributed by atoms with Crippen LogP contribution in [0.2, 0.25) is 0 Å². The van der Waals surface area contributed by atoms with Gasteiger partial charge in [0.05, 0.1) is 5.41 Å². The molecule has 4 aliphatic rings. The van der Waals surface area contributed by atoms with Gasteiger partial charge < -0.3 is 10.1 Å². The lowest BCUT2D eigenvalue weighted by Crippen LogP contribution is -2.48. The van der Waals surface area contributed by atoms with Crippen LogP contribution in [-0.4, -0.2) is 41.3 Å². The molecule has 5 rings (SSSR count). The zero-order valence-electron chi connectivity index (χ0n) is 20.2. The number of amides is 1. The molecule has 2 atom stereocenters. The van der Waals surface area contributed by atoms with E-state index in [0.29, 0.717) is 55.4 Å². The number of benzene rings is 1. The van der Waals surface area contributed by atoms with Crippen molar-refractivity contribution in [2.75, 3.05) is 19.8 Å². The van der Waals surface area contributed by atoms with E-state index in [2.05, 4.69) is 34.8 Å². The average Bonchev–Trinajstić information content (AvgIpc) is 3.70. The third-order valence-electron chi connectivity index (χ3n) is 7.96. The summed E-state index contributed by atoms with van der Waals surface area (Å²) >= 11 is 1.87. The molecule has 2 aliphatic carbocycles. The molecule has 2 saturated heterocycles. The molecule has 0 bridgehead atoms. The summed E-state index contributed by atoms with van der Waals surface area (Å²) in [7, 11) is 0. The van der Waals surface area contributed by atoms with Gasteiger partial charge in [-0.15, -0.1) is 0 Å². The van der Waals surface area contributed by atoms with E-state index in [9.17, 15) is 4.79 Å². The quantitative estimate of drug-likeness (QED) is 0.506. The number of carbonyl (C=O) groups is 1. The Morgan fingerprint density at radius 3 is 2.74 bits per heavy atom. The van der Waals surface area contributed by atoms with Crippen molar-refractivity contribution in [2.24, 2.45) is 5.92 Å². The van der Waals surface area contributed by atoms with Gasteiger partial charge in [-0.1, -0.05) is 42.3 Å². The van der Waals surface area contributed by atoms with Crippen molar-refractivity contribution in [1.29, 1.82) is 0 Å². The lowest BCUT2D eigenvalue weighted by atomic mass is 9.73. The summed E-state index contributed by atoms with van der Waals surface area (Å²) in [5.74, 6) is 0.449. The Bertz CT molecular complexity index is 952. The minimum Gasteiger partial charge on any atom is -0.381 e. The minimum absolute atomic E-state index is 0.0340. The van der Waals surface area contributed by atoms with Gasteiger partial charge in [0.15, 0.2) is 0 Å². The molecular weight excluding hydrogens is 447 g/mol. The van der Waals surface area contributed by atoms with Crippen LogP contribution >= 0.6 is 11.9 Å². The van der Waals surface area contributed by atoms with E-state index >= 15 is 4.39 Å². The van der Waals surface area contributed by atoms with E-state index in [1.807, 2.05) is 24.1 Å². The number of halogens is 1. The van der Waals surface area contributed by atoms with E-state index in [0.717, 1.165) is 31.4 Å². The topological polar surface area (TPSA) is 41.6 Å². The molecule has 4 nitrogen and oxygen atoms in total. The molecule has 184 valence electrons. The smallest absolute Gasteiger partial charge is 0.230 e. The fraction of sp³-hybridized carbons (Fsp3) is 0.607. The molecule has 1 unspecified atom stereocenters. The first-order valence-corrected chi connectivity index (χ1v) is 13.8. The van der Waals surface area contributed by atoms with E-state index < -0.39 is 5.41 Å². The fourth-order valence-electron chi connectivity index (χ4n) is 5.39. The standard InChI is InChI=1S/C28H37FN2O2S/c1-20-7-12-26(22-5-3-2-4-6-22)34-31(20)19-23-10-11-24(17-25(23)29)28(13-15-33-16-14-28)27(32)30-18-21-8-9-21/h3,5-6,10-11,17,20-21,26H,2,4,7-9,12-16,18-19H2,1H3,(H,30,32)/t20-,26?/m0/s1. The third-order valence-corrected chi connectivity index (χ3v) is 9.48. The van der Waals surface area contributed by atoms with Crippen molar-refractivity contribution in [1.82, 2.24) is 9.62 Å². The summed E-state index contributed by atoms with van der Waals surface area (Å²) in [6.45, 7) is 4.62. The molecule has 1 aromatic rings. The summed E-state index contributed by atoms with van der Waals surface area (Å²) in [5, 5.41) is 3.61. The maximum atomic E-state index is 15.5. The van der Waals surface area contributed by atoms with Crippen molar-refractivity contribution in [3.8, 4) is 0 Å². The Morgan fingerprint density at radius 2 is 2.03 bits per heavy atom. The summed E-state index contributed by atoms with van der Waals surface area (Å²) in [6.07, 6.45) is 15.0. The zero-order valence-corrected chi connectivity index (χ0v) is 21.0. The molecule has 34 heavy (non-hydrogen) atoms. The fourth-order valence-corrected chi connectivity index (χ4v) is 6.78. The van der Waals surface area contributed by atoms with Gasteiger partial charge in [0.2, 0.25) is 5.91 Å². The van der Waals surface area contributed by atoms with Crippen LogP contribution in [0.25, 0.3) is 0 Å². The molecular formula is C28H37FN2O2S. The van der Waals surface area contributed by atoms with Crippen LogP contribution in [0.3, 0.4) is 0 Å². The van der Waals surface area contributed by atoms with Crippen LogP contribution in [0.5, 0.6) is 0 Å². The van der Waals surface area contributed by atoms with Gasteiger partial charge in [0.1, 0.15) is 5.82 Å². The molecule has 1 amide bonds. The Hall–Kier alpha value is -1.63. The van der Waals surface area contributed by atoms with E-state index in [1.54, 1.807) is 6.07 Å².